The van der Waals surface area contributed by atoms with Crippen LogP contribution in [0.1, 0.15) is 26.7 Å². The zero-order valence-electron chi connectivity index (χ0n) is 13.3. The van der Waals surface area contributed by atoms with Gasteiger partial charge in [-0.2, -0.15) is 0 Å². The first kappa shape index (κ1) is 17.5. The third-order valence-corrected chi connectivity index (χ3v) is 3.62. The van der Waals surface area contributed by atoms with Crippen LogP contribution < -0.4 is 10.1 Å². The average molecular weight is 292 g/mol. The van der Waals surface area contributed by atoms with E-state index >= 15 is 0 Å². The summed E-state index contributed by atoms with van der Waals surface area (Å²) in [5.74, 6) is 1.57. The minimum Gasteiger partial charge on any atom is -0.492 e. The normalized spacial score (nSPS) is 15.7. The van der Waals surface area contributed by atoms with Crippen molar-refractivity contribution < 1.29 is 9.53 Å². The summed E-state index contributed by atoms with van der Waals surface area (Å²) in [6, 6.07) is 9.93. The van der Waals surface area contributed by atoms with Crippen molar-refractivity contribution in [1.29, 1.82) is 0 Å². The number of nitrogens with zero attached hydrogens (tertiary/aromatic N) is 1. The number of ether oxygens (including phenoxy) is 1. The summed E-state index contributed by atoms with van der Waals surface area (Å²) in [4.78, 5) is 12.7. The number of hydrogen-bond donors (Lipinski definition) is 1. The van der Waals surface area contributed by atoms with Gasteiger partial charge in [-0.25, -0.2) is 0 Å². The van der Waals surface area contributed by atoms with Gasteiger partial charge in [-0.3, -0.25) is 9.69 Å². The Morgan fingerprint density at radius 1 is 1.24 bits per heavy atom. The molecule has 0 atom stereocenters. The minimum atomic E-state index is 0.636. The van der Waals surface area contributed by atoms with Crippen LogP contribution in [0.15, 0.2) is 30.3 Å². The van der Waals surface area contributed by atoms with Gasteiger partial charge in [0, 0.05) is 13.1 Å². The zero-order chi connectivity index (χ0) is 15.3. The molecule has 4 heteroatoms. The van der Waals surface area contributed by atoms with Crippen LogP contribution in [0.4, 0.5) is 0 Å². The van der Waals surface area contributed by atoms with Gasteiger partial charge in [-0.15, -0.1) is 0 Å². The SMILES string of the molecule is CC.O=CNCC1CCN(CCOc2ccccc2)CC1. The molecule has 1 aliphatic rings. The van der Waals surface area contributed by atoms with Crippen LogP contribution in [0.2, 0.25) is 0 Å². The summed E-state index contributed by atoms with van der Waals surface area (Å²) in [6.45, 7) is 8.73. The largest absolute Gasteiger partial charge is 0.492 e. The van der Waals surface area contributed by atoms with Gasteiger partial charge in [0.1, 0.15) is 12.4 Å². The lowest BCUT2D eigenvalue weighted by atomic mass is 9.97. The fourth-order valence-corrected chi connectivity index (χ4v) is 2.44. The van der Waals surface area contributed by atoms with Crippen LogP contribution in [0.25, 0.3) is 0 Å². The fraction of sp³-hybridized carbons (Fsp3) is 0.588. The number of hydrogen-bond acceptors (Lipinski definition) is 3. The number of nitrogens with one attached hydrogen (secondary N) is 1. The van der Waals surface area contributed by atoms with Crippen LogP contribution >= 0.6 is 0 Å². The lowest BCUT2D eigenvalue weighted by molar-refractivity contribution is -0.109. The second kappa shape index (κ2) is 11.1. The maximum absolute atomic E-state index is 10.2. The molecular formula is C17H28N2O2. The van der Waals surface area contributed by atoms with Gasteiger partial charge in [-0.05, 0) is 44.0 Å². The number of likely N-dealkylation sites (tertiary alicyclic amines) is 1. The minimum absolute atomic E-state index is 0.636. The van der Waals surface area contributed by atoms with Crippen molar-refractivity contribution in [3.05, 3.63) is 30.3 Å². The molecule has 1 aliphatic heterocycles. The maximum Gasteiger partial charge on any atom is 0.207 e. The third-order valence-electron chi connectivity index (χ3n) is 3.62. The molecule has 1 amide bonds. The van der Waals surface area contributed by atoms with Gasteiger partial charge in [0.25, 0.3) is 0 Å². The van der Waals surface area contributed by atoms with Crippen LogP contribution in [0, 0.1) is 5.92 Å². The lowest BCUT2D eigenvalue weighted by Crippen LogP contribution is -2.39. The van der Waals surface area contributed by atoms with Crippen molar-refractivity contribution in [2.45, 2.75) is 26.7 Å². The summed E-state index contributed by atoms with van der Waals surface area (Å²) in [5.41, 5.74) is 0. The zero-order valence-corrected chi connectivity index (χ0v) is 13.3. The molecule has 21 heavy (non-hydrogen) atoms. The molecule has 0 saturated carbocycles. The summed E-state index contributed by atoms with van der Waals surface area (Å²) in [6.07, 6.45) is 3.11. The Morgan fingerprint density at radius 3 is 2.52 bits per heavy atom. The number of amides is 1. The van der Waals surface area contributed by atoms with Gasteiger partial charge >= 0.3 is 0 Å². The van der Waals surface area contributed by atoms with Crippen molar-refractivity contribution in [3.63, 3.8) is 0 Å². The van der Waals surface area contributed by atoms with E-state index < -0.39 is 0 Å². The summed E-state index contributed by atoms with van der Waals surface area (Å²) < 4.78 is 5.70. The van der Waals surface area contributed by atoms with Crippen molar-refractivity contribution in [2.24, 2.45) is 5.92 Å². The second-order valence-corrected chi connectivity index (χ2v) is 4.97. The molecule has 0 radical (unpaired) electrons. The van der Waals surface area contributed by atoms with E-state index in [1.807, 2.05) is 44.2 Å². The molecule has 2 rings (SSSR count). The Hall–Kier alpha value is -1.55. The predicted molar refractivity (Wildman–Crippen MR) is 86.5 cm³/mol. The molecule has 1 saturated heterocycles. The highest BCUT2D eigenvalue weighted by Crippen LogP contribution is 2.16. The van der Waals surface area contributed by atoms with Gasteiger partial charge < -0.3 is 10.1 Å². The molecule has 1 N–H and O–H groups in total. The van der Waals surface area contributed by atoms with E-state index in [4.69, 9.17) is 4.74 Å². The Morgan fingerprint density at radius 2 is 1.90 bits per heavy atom. The van der Waals surface area contributed by atoms with Crippen LogP contribution in [0.3, 0.4) is 0 Å². The first-order valence-electron chi connectivity index (χ1n) is 7.95. The molecular weight excluding hydrogens is 264 g/mol. The van der Waals surface area contributed by atoms with E-state index in [1.165, 1.54) is 0 Å². The molecule has 4 nitrogen and oxygen atoms in total. The quantitative estimate of drug-likeness (QED) is 0.785. The fourth-order valence-electron chi connectivity index (χ4n) is 2.44. The topological polar surface area (TPSA) is 41.6 Å². The molecule has 0 bridgehead atoms. The van der Waals surface area contributed by atoms with Crippen molar-refractivity contribution >= 4 is 6.41 Å². The molecule has 0 aromatic heterocycles. The smallest absolute Gasteiger partial charge is 0.207 e. The van der Waals surface area contributed by atoms with E-state index in [0.29, 0.717) is 5.92 Å². The van der Waals surface area contributed by atoms with Crippen molar-refractivity contribution in [3.8, 4) is 5.75 Å². The Bertz CT molecular complexity index is 362. The number of carbonyl (C=O) groups excluding carboxylic acids is 1. The number of para-hydroxylation sites is 1. The molecule has 1 aromatic carbocycles. The number of carbonyl (C=O) groups is 1. The Kier molecular flexibility index (Phi) is 9.29. The van der Waals surface area contributed by atoms with Gasteiger partial charge in [-0.1, -0.05) is 32.0 Å². The average Bonchev–Trinajstić information content (AvgIpc) is 2.57. The second-order valence-electron chi connectivity index (χ2n) is 4.97. The Labute approximate surface area is 128 Å². The predicted octanol–water partition coefficient (Wildman–Crippen LogP) is 2.55. The van der Waals surface area contributed by atoms with Crippen LogP contribution in [0.5, 0.6) is 5.75 Å². The molecule has 118 valence electrons. The summed E-state index contributed by atoms with van der Waals surface area (Å²) in [5, 5.41) is 2.77. The van der Waals surface area contributed by atoms with Gasteiger partial charge in [0.2, 0.25) is 6.41 Å². The van der Waals surface area contributed by atoms with E-state index in [9.17, 15) is 4.79 Å². The first-order chi connectivity index (χ1) is 10.4. The van der Waals surface area contributed by atoms with E-state index in [2.05, 4.69) is 10.2 Å². The molecule has 1 fully saturated rings. The van der Waals surface area contributed by atoms with E-state index in [0.717, 1.165) is 57.8 Å². The van der Waals surface area contributed by atoms with Gasteiger partial charge in [0.15, 0.2) is 0 Å². The number of piperidine rings is 1. The maximum atomic E-state index is 10.2. The monoisotopic (exact) mass is 292 g/mol. The van der Waals surface area contributed by atoms with E-state index in [-0.39, 0.29) is 0 Å². The molecule has 0 unspecified atom stereocenters. The first-order valence-corrected chi connectivity index (χ1v) is 7.95. The highest BCUT2D eigenvalue weighted by atomic mass is 16.5. The van der Waals surface area contributed by atoms with Crippen LogP contribution in [-0.4, -0.2) is 44.1 Å². The molecule has 0 aliphatic carbocycles. The summed E-state index contributed by atoms with van der Waals surface area (Å²) >= 11 is 0. The Balaban J connectivity index is 0.00000106. The van der Waals surface area contributed by atoms with Gasteiger partial charge in [0.05, 0.1) is 0 Å². The molecule has 1 aromatic rings. The number of benzene rings is 1. The lowest BCUT2D eigenvalue weighted by Gasteiger charge is -2.31. The third kappa shape index (κ3) is 7.14. The van der Waals surface area contributed by atoms with E-state index in [1.54, 1.807) is 0 Å². The number of rotatable bonds is 7. The van der Waals surface area contributed by atoms with Crippen LogP contribution in [-0.2, 0) is 4.79 Å². The molecule has 0 spiro atoms. The van der Waals surface area contributed by atoms with Crippen molar-refractivity contribution in [1.82, 2.24) is 10.2 Å². The highest BCUT2D eigenvalue weighted by molar-refractivity contribution is 5.45. The standard InChI is InChI=1S/C15H22N2O2.C2H6/c18-13-16-12-14-6-8-17(9-7-14)10-11-19-15-4-2-1-3-5-15;1-2/h1-5,13-14H,6-12H2,(H,16,18);1-2H3. The molecule has 1 heterocycles. The van der Waals surface area contributed by atoms with Crippen molar-refractivity contribution in [2.75, 3.05) is 32.8 Å². The summed E-state index contributed by atoms with van der Waals surface area (Å²) in [7, 11) is 0. The highest BCUT2D eigenvalue weighted by Gasteiger charge is 2.18.